The van der Waals surface area contributed by atoms with Crippen LogP contribution in [0.4, 0.5) is 5.82 Å². The smallest absolute Gasteiger partial charge is 0.165 e. The van der Waals surface area contributed by atoms with E-state index in [2.05, 4.69) is 10.3 Å². The van der Waals surface area contributed by atoms with Crippen LogP contribution in [0.5, 0.6) is 0 Å². The van der Waals surface area contributed by atoms with Crippen LogP contribution in [0.1, 0.15) is 6.92 Å². The predicted molar refractivity (Wildman–Crippen MR) is 30.1 cm³/mol. The second kappa shape index (κ2) is 1.81. The molecule has 0 amide bonds. The first-order chi connectivity index (χ1) is 3.83. The van der Waals surface area contributed by atoms with Crippen molar-refractivity contribution in [3.8, 4) is 0 Å². The van der Waals surface area contributed by atoms with E-state index >= 15 is 0 Å². The summed E-state index contributed by atoms with van der Waals surface area (Å²) in [5.41, 5.74) is 5.26. The Kier molecular flexibility index (Phi) is 1.15. The molecule has 0 saturated carbocycles. The minimum atomic E-state index is 0.479. The number of hydrogen-bond donors (Lipinski definition) is 1. The Labute approximate surface area is 47.3 Å². The normalized spacial score (nSPS) is 9.62. The highest BCUT2D eigenvalue weighted by molar-refractivity contribution is 5.19. The summed E-state index contributed by atoms with van der Waals surface area (Å²) in [5.74, 6) is 0.479. The number of aryl methyl sites for hydroxylation is 1. The highest BCUT2D eigenvalue weighted by Crippen LogP contribution is 1.89. The molecular formula is C4H8N4. The molecule has 0 saturated heterocycles. The van der Waals surface area contributed by atoms with Crippen LogP contribution in [0.2, 0.25) is 0 Å². The van der Waals surface area contributed by atoms with E-state index in [9.17, 15) is 0 Å². The highest BCUT2D eigenvalue weighted by Gasteiger charge is 1.88. The van der Waals surface area contributed by atoms with Gasteiger partial charge in [0.15, 0.2) is 5.82 Å². The lowest BCUT2D eigenvalue weighted by molar-refractivity contribution is 0.627. The second-order valence-electron chi connectivity index (χ2n) is 1.50. The molecule has 0 aliphatic heterocycles. The molecule has 0 aromatic carbocycles. The van der Waals surface area contributed by atoms with Gasteiger partial charge in [-0.1, -0.05) is 5.21 Å². The molecule has 44 valence electrons. The Hall–Kier alpha value is -1.06. The number of nitrogens with two attached hydrogens (primary N) is 1. The van der Waals surface area contributed by atoms with Crippen molar-refractivity contribution in [2.45, 2.75) is 13.5 Å². The van der Waals surface area contributed by atoms with Gasteiger partial charge in [-0.25, -0.2) is 0 Å². The summed E-state index contributed by atoms with van der Waals surface area (Å²) in [4.78, 5) is 0. The van der Waals surface area contributed by atoms with Crippen molar-refractivity contribution in [2.24, 2.45) is 0 Å². The molecule has 2 N–H and O–H groups in total. The maximum absolute atomic E-state index is 5.26. The molecule has 0 bridgehead atoms. The molecule has 4 nitrogen and oxygen atoms in total. The predicted octanol–water partition coefficient (Wildman–Crippen LogP) is -0.120. The maximum atomic E-state index is 5.26. The summed E-state index contributed by atoms with van der Waals surface area (Å²) in [6.07, 6.45) is 1.69. The molecule has 1 aromatic heterocycles. The molecule has 0 unspecified atom stereocenters. The van der Waals surface area contributed by atoms with Gasteiger partial charge >= 0.3 is 0 Å². The fourth-order valence-corrected chi connectivity index (χ4v) is 0.468. The number of aromatic nitrogens is 3. The van der Waals surface area contributed by atoms with Gasteiger partial charge < -0.3 is 5.73 Å². The van der Waals surface area contributed by atoms with Crippen LogP contribution in [0.3, 0.4) is 0 Å². The van der Waals surface area contributed by atoms with E-state index in [0.29, 0.717) is 5.82 Å². The topological polar surface area (TPSA) is 56.7 Å². The molecule has 8 heavy (non-hydrogen) atoms. The van der Waals surface area contributed by atoms with Gasteiger partial charge in [0.1, 0.15) is 0 Å². The van der Waals surface area contributed by atoms with Gasteiger partial charge in [-0.15, -0.1) is 5.10 Å². The number of anilines is 1. The van der Waals surface area contributed by atoms with E-state index in [-0.39, 0.29) is 0 Å². The molecule has 0 radical (unpaired) electrons. The molecule has 1 aromatic rings. The highest BCUT2D eigenvalue weighted by atomic mass is 15.4. The van der Waals surface area contributed by atoms with Crippen LogP contribution >= 0.6 is 0 Å². The Balaban J connectivity index is 2.84. The van der Waals surface area contributed by atoms with Gasteiger partial charge in [0.05, 0.1) is 6.20 Å². The third-order valence-corrected chi connectivity index (χ3v) is 0.880. The zero-order valence-corrected chi connectivity index (χ0v) is 4.70. The molecule has 4 heteroatoms. The van der Waals surface area contributed by atoms with Gasteiger partial charge in [-0.3, -0.25) is 4.68 Å². The largest absolute Gasteiger partial charge is 0.381 e. The van der Waals surface area contributed by atoms with Crippen molar-refractivity contribution < 1.29 is 0 Å². The van der Waals surface area contributed by atoms with Crippen LogP contribution in [-0.4, -0.2) is 15.0 Å². The van der Waals surface area contributed by atoms with E-state index in [1.807, 2.05) is 6.92 Å². The van der Waals surface area contributed by atoms with Gasteiger partial charge in [-0.2, -0.15) is 0 Å². The first-order valence-electron chi connectivity index (χ1n) is 2.48. The molecular weight excluding hydrogens is 104 g/mol. The number of hydrogen-bond acceptors (Lipinski definition) is 3. The van der Waals surface area contributed by atoms with Gasteiger partial charge in [-0.05, 0) is 6.92 Å². The summed E-state index contributed by atoms with van der Waals surface area (Å²) < 4.78 is 1.68. The van der Waals surface area contributed by atoms with Crippen molar-refractivity contribution >= 4 is 5.82 Å². The zero-order valence-electron chi connectivity index (χ0n) is 4.70. The van der Waals surface area contributed by atoms with Crippen molar-refractivity contribution in [3.63, 3.8) is 0 Å². The molecule has 1 rings (SSSR count). The van der Waals surface area contributed by atoms with E-state index in [0.717, 1.165) is 6.54 Å². The average molecular weight is 112 g/mol. The maximum Gasteiger partial charge on any atom is 0.165 e. The van der Waals surface area contributed by atoms with Crippen LogP contribution in [-0.2, 0) is 6.54 Å². The number of nitrogen functional groups attached to an aromatic ring is 1. The molecule has 0 spiro atoms. The van der Waals surface area contributed by atoms with E-state index in [1.165, 1.54) is 0 Å². The van der Waals surface area contributed by atoms with Crippen molar-refractivity contribution in [2.75, 3.05) is 5.73 Å². The van der Waals surface area contributed by atoms with Crippen molar-refractivity contribution in [1.29, 1.82) is 0 Å². The van der Waals surface area contributed by atoms with Gasteiger partial charge in [0, 0.05) is 6.54 Å². The van der Waals surface area contributed by atoms with E-state index < -0.39 is 0 Å². The summed E-state index contributed by atoms with van der Waals surface area (Å²) in [7, 11) is 0. The van der Waals surface area contributed by atoms with Crippen LogP contribution in [0.15, 0.2) is 6.20 Å². The third kappa shape index (κ3) is 0.776. The lowest BCUT2D eigenvalue weighted by Crippen LogP contribution is -1.93. The fraction of sp³-hybridized carbons (Fsp3) is 0.500. The molecule has 0 aliphatic rings. The number of nitrogens with zero attached hydrogens (tertiary/aromatic N) is 3. The lowest BCUT2D eigenvalue weighted by Gasteiger charge is -1.85. The molecule has 0 aliphatic carbocycles. The molecule has 1 heterocycles. The number of rotatable bonds is 1. The fourth-order valence-electron chi connectivity index (χ4n) is 0.468. The first-order valence-corrected chi connectivity index (χ1v) is 2.48. The van der Waals surface area contributed by atoms with E-state index in [4.69, 9.17) is 5.73 Å². The SMILES string of the molecule is CCn1cc(N)nn1. The standard InChI is InChI=1S/C4H8N4/c1-2-8-3-4(5)6-7-8/h3H,2,5H2,1H3. The quantitative estimate of drug-likeness (QED) is 0.551. The molecule has 0 fully saturated rings. The Morgan fingerprint density at radius 3 is 2.88 bits per heavy atom. The zero-order chi connectivity index (χ0) is 5.98. The first kappa shape index (κ1) is 5.08. The summed E-state index contributed by atoms with van der Waals surface area (Å²) in [6, 6.07) is 0. The van der Waals surface area contributed by atoms with Crippen LogP contribution < -0.4 is 5.73 Å². The summed E-state index contributed by atoms with van der Waals surface area (Å²) in [6.45, 7) is 2.80. The van der Waals surface area contributed by atoms with Gasteiger partial charge in [0.25, 0.3) is 0 Å². The Morgan fingerprint density at radius 1 is 1.88 bits per heavy atom. The monoisotopic (exact) mass is 112 g/mol. The van der Waals surface area contributed by atoms with Crippen LogP contribution in [0, 0.1) is 0 Å². The minimum Gasteiger partial charge on any atom is -0.381 e. The lowest BCUT2D eigenvalue weighted by atomic mass is 10.7. The molecule has 0 atom stereocenters. The van der Waals surface area contributed by atoms with E-state index in [1.54, 1.807) is 10.9 Å². The second-order valence-corrected chi connectivity index (χ2v) is 1.50. The minimum absolute atomic E-state index is 0.479. The Bertz CT molecular complexity index is 168. The summed E-state index contributed by atoms with van der Waals surface area (Å²) in [5, 5.41) is 7.25. The Morgan fingerprint density at radius 2 is 2.62 bits per heavy atom. The van der Waals surface area contributed by atoms with Crippen molar-refractivity contribution in [3.05, 3.63) is 6.20 Å². The van der Waals surface area contributed by atoms with Crippen LogP contribution in [0.25, 0.3) is 0 Å². The summed E-state index contributed by atoms with van der Waals surface area (Å²) >= 11 is 0. The van der Waals surface area contributed by atoms with Crippen molar-refractivity contribution in [1.82, 2.24) is 15.0 Å². The third-order valence-electron chi connectivity index (χ3n) is 0.880. The average Bonchev–Trinajstić information content (AvgIpc) is 2.14. The van der Waals surface area contributed by atoms with Gasteiger partial charge in [0.2, 0.25) is 0 Å².